The van der Waals surface area contributed by atoms with E-state index in [1.165, 1.54) is 18.4 Å². The number of hydrogen-bond donors (Lipinski definition) is 2. The maximum Gasteiger partial charge on any atom is 0.337 e. The lowest BCUT2D eigenvalue weighted by Crippen LogP contribution is -2.18. The van der Waals surface area contributed by atoms with Crippen molar-refractivity contribution in [2.75, 3.05) is 26.5 Å². The normalized spacial score (nSPS) is 11.0. The molecule has 28 heavy (non-hydrogen) atoms. The quantitative estimate of drug-likeness (QED) is 0.637. The molecular formula is C19H20N4O4S. The number of methoxy groups -OCH3 is 1. The Morgan fingerprint density at radius 2 is 1.93 bits per heavy atom. The van der Waals surface area contributed by atoms with Gasteiger partial charge in [0.15, 0.2) is 0 Å². The number of rotatable bonds is 5. The van der Waals surface area contributed by atoms with Gasteiger partial charge in [-0.25, -0.2) is 9.78 Å². The maximum atomic E-state index is 12.7. The van der Waals surface area contributed by atoms with Crippen LogP contribution < -0.4 is 10.9 Å². The smallest absolute Gasteiger partial charge is 0.337 e. The van der Waals surface area contributed by atoms with Gasteiger partial charge in [0, 0.05) is 5.69 Å². The van der Waals surface area contributed by atoms with Gasteiger partial charge in [0.1, 0.15) is 10.7 Å². The predicted molar refractivity (Wildman–Crippen MR) is 108 cm³/mol. The molecule has 0 fully saturated rings. The number of H-pyrrole nitrogens is 1. The van der Waals surface area contributed by atoms with E-state index in [0.29, 0.717) is 44.3 Å². The average Bonchev–Trinajstić information content (AvgIpc) is 2.98. The second-order valence-electron chi connectivity index (χ2n) is 6.51. The standard InChI is InChI=1S/C19H20N4O4S/c1-10-14-16(24)21-13(9-23(2)3)22-18(14)28-15(10)17(25)20-12-7-5-11(6-8-12)19(26)27-4/h5-8H,9H2,1-4H3,(H,20,25)(H,21,22,24). The third-order valence-corrected chi connectivity index (χ3v) is 5.27. The summed E-state index contributed by atoms with van der Waals surface area (Å²) in [6, 6.07) is 6.37. The maximum absolute atomic E-state index is 12.7. The molecule has 146 valence electrons. The first-order chi connectivity index (χ1) is 13.3. The Kier molecular flexibility index (Phi) is 5.57. The molecule has 2 N–H and O–H groups in total. The molecule has 0 bridgehead atoms. The number of nitrogens with zero attached hydrogens (tertiary/aromatic N) is 2. The minimum absolute atomic E-state index is 0.253. The molecule has 0 spiro atoms. The summed E-state index contributed by atoms with van der Waals surface area (Å²) < 4.78 is 4.65. The first-order valence-electron chi connectivity index (χ1n) is 8.47. The van der Waals surface area contributed by atoms with Crippen LogP contribution in [0.3, 0.4) is 0 Å². The van der Waals surface area contributed by atoms with E-state index in [2.05, 4.69) is 20.0 Å². The second kappa shape index (κ2) is 7.91. The molecule has 0 aliphatic rings. The van der Waals surface area contributed by atoms with Crippen molar-refractivity contribution in [1.29, 1.82) is 0 Å². The van der Waals surface area contributed by atoms with E-state index in [9.17, 15) is 14.4 Å². The number of hydrogen-bond acceptors (Lipinski definition) is 7. The van der Waals surface area contributed by atoms with Crippen LogP contribution in [0.2, 0.25) is 0 Å². The largest absolute Gasteiger partial charge is 0.465 e. The van der Waals surface area contributed by atoms with Gasteiger partial charge in [-0.3, -0.25) is 9.59 Å². The van der Waals surface area contributed by atoms with Gasteiger partial charge in [-0.2, -0.15) is 0 Å². The van der Waals surface area contributed by atoms with E-state index >= 15 is 0 Å². The third kappa shape index (κ3) is 3.95. The second-order valence-corrected chi connectivity index (χ2v) is 7.51. The zero-order valence-electron chi connectivity index (χ0n) is 16.0. The highest BCUT2D eigenvalue weighted by Gasteiger charge is 2.19. The van der Waals surface area contributed by atoms with Crippen molar-refractivity contribution in [2.24, 2.45) is 0 Å². The first-order valence-corrected chi connectivity index (χ1v) is 9.28. The minimum Gasteiger partial charge on any atom is -0.465 e. The molecule has 0 unspecified atom stereocenters. The lowest BCUT2D eigenvalue weighted by atomic mass is 10.2. The molecule has 0 aliphatic heterocycles. The Morgan fingerprint density at radius 1 is 1.25 bits per heavy atom. The third-order valence-electron chi connectivity index (χ3n) is 4.09. The fourth-order valence-corrected chi connectivity index (χ4v) is 3.87. The number of carbonyl (C=O) groups excluding carboxylic acids is 2. The van der Waals surface area contributed by atoms with Crippen LogP contribution in [-0.2, 0) is 11.3 Å². The molecular weight excluding hydrogens is 380 g/mol. The Bertz CT molecular complexity index is 1100. The van der Waals surface area contributed by atoms with E-state index < -0.39 is 5.97 Å². The van der Waals surface area contributed by atoms with Crippen molar-refractivity contribution in [3.8, 4) is 0 Å². The van der Waals surface area contributed by atoms with Gasteiger partial charge in [-0.05, 0) is 50.8 Å². The highest BCUT2D eigenvalue weighted by molar-refractivity contribution is 7.20. The molecule has 0 radical (unpaired) electrons. The fourth-order valence-electron chi connectivity index (χ4n) is 2.77. The predicted octanol–water partition coefficient (Wildman–Crippen LogP) is 2.39. The van der Waals surface area contributed by atoms with E-state index in [4.69, 9.17) is 0 Å². The van der Waals surface area contributed by atoms with Crippen LogP contribution in [-0.4, -0.2) is 47.9 Å². The Hall–Kier alpha value is -3.04. The van der Waals surface area contributed by atoms with Crippen molar-refractivity contribution in [2.45, 2.75) is 13.5 Å². The molecule has 9 heteroatoms. The van der Waals surface area contributed by atoms with Crippen LogP contribution >= 0.6 is 11.3 Å². The topological polar surface area (TPSA) is 104 Å². The monoisotopic (exact) mass is 400 g/mol. The average molecular weight is 400 g/mol. The zero-order valence-corrected chi connectivity index (χ0v) is 16.8. The summed E-state index contributed by atoms with van der Waals surface area (Å²) in [5.41, 5.74) is 1.26. The van der Waals surface area contributed by atoms with Crippen molar-refractivity contribution in [1.82, 2.24) is 14.9 Å². The van der Waals surface area contributed by atoms with Crippen molar-refractivity contribution < 1.29 is 14.3 Å². The lowest BCUT2D eigenvalue weighted by Gasteiger charge is -2.07. The summed E-state index contributed by atoms with van der Waals surface area (Å²) in [5, 5.41) is 3.21. The molecule has 1 aromatic carbocycles. The highest BCUT2D eigenvalue weighted by Crippen LogP contribution is 2.28. The number of aromatic amines is 1. The molecule has 0 atom stereocenters. The lowest BCUT2D eigenvalue weighted by molar-refractivity contribution is 0.0600. The van der Waals surface area contributed by atoms with E-state index in [1.54, 1.807) is 31.2 Å². The number of aromatic nitrogens is 2. The van der Waals surface area contributed by atoms with Crippen LogP contribution in [0.15, 0.2) is 29.1 Å². The van der Waals surface area contributed by atoms with E-state index in [-0.39, 0.29) is 11.5 Å². The summed E-state index contributed by atoms with van der Waals surface area (Å²) in [6.45, 7) is 2.23. The van der Waals surface area contributed by atoms with Gasteiger partial charge < -0.3 is 19.9 Å². The number of anilines is 1. The van der Waals surface area contributed by atoms with Gasteiger partial charge in [-0.15, -0.1) is 11.3 Å². The van der Waals surface area contributed by atoms with E-state index in [1.807, 2.05) is 19.0 Å². The van der Waals surface area contributed by atoms with Crippen molar-refractivity contribution in [3.63, 3.8) is 0 Å². The first kappa shape index (κ1) is 19.7. The van der Waals surface area contributed by atoms with Gasteiger partial charge in [-0.1, -0.05) is 0 Å². The summed E-state index contributed by atoms with van der Waals surface area (Å²) in [6.07, 6.45) is 0. The summed E-state index contributed by atoms with van der Waals surface area (Å²) in [4.78, 5) is 46.7. The number of esters is 1. The van der Waals surface area contributed by atoms with Gasteiger partial charge in [0.2, 0.25) is 0 Å². The Balaban J connectivity index is 1.89. The SMILES string of the molecule is COC(=O)c1ccc(NC(=O)c2sc3nc(CN(C)C)[nH]c(=O)c3c2C)cc1. The summed E-state index contributed by atoms with van der Waals surface area (Å²) >= 11 is 1.18. The molecule has 0 saturated carbocycles. The molecule has 2 heterocycles. The number of aryl methyl sites for hydroxylation is 1. The van der Waals surface area contributed by atoms with Crippen molar-refractivity contribution >= 4 is 39.1 Å². The number of amides is 1. The van der Waals surface area contributed by atoms with Crippen LogP contribution in [0.4, 0.5) is 5.69 Å². The van der Waals surface area contributed by atoms with Crippen LogP contribution in [0.1, 0.15) is 31.4 Å². The molecule has 0 saturated heterocycles. The van der Waals surface area contributed by atoms with Crippen LogP contribution in [0.5, 0.6) is 0 Å². The molecule has 8 nitrogen and oxygen atoms in total. The number of nitrogens with one attached hydrogen (secondary N) is 2. The molecule has 1 amide bonds. The number of carbonyl (C=O) groups is 2. The van der Waals surface area contributed by atoms with Crippen LogP contribution in [0, 0.1) is 6.92 Å². The molecule has 3 rings (SSSR count). The number of fused-ring (bicyclic) bond motifs is 1. The highest BCUT2D eigenvalue weighted by atomic mass is 32.1. The molecule has 0 aliphatic carbocycles. The number of ether oxygens (including phenoxy) is 1. The van der Waals surface area contributed by atoms with Gasteiger partial charge in [0.05, 0.1) is 29.5 Å². The van der Waals surface area contributed by atoms with Gasteiger partial charge >= 0.3 is 5.97 Å². The number of benzene rings is 1. The van der Waals surface area contributed by atoms with Crippen molar-refractivity contribution in [3.05, 3.63) is 56.4 Å². The Labute approximate surface area is 165 Å². The minimum atomic E-state index is -0.447. The number of thiophene rings is 1. The van der Waals surface area contributed by atoms with E-state index in [0.717, 1.165) is 0 Å². The molecule has 3 aromatic rings. The van der Waals surface area contributed by atoms with Gasteiger partial charge in [0.25, 0.3) is 11.5 Å². The fraction of sp³-hybridized carbons (Fsp3) is 0.263. The van der Waals surface area contributed by atoms with Crippen LogP contribution in [0.25, 0.3) is 10.2 Å². The summed E-state index contributed by atoms with van der Waals surface area (Å²) in [5.74, 6) is -0.231. The molecule has 2 aromatic heterocycles. The Morgan fingerprint density at radius 3 is 2.54 bits per heavy atom. The zero-order chi connectivity index (χ0) is 20.4. The summed E-state index contributed by atoms with van der Waals surface area (Å²) in [7, 11) is 5.07.